The molecule has 0 bridgehead atoms. The van der Waals surface area contributed by atoms with Crippen molar-refractivity contribution in [1.82, 2.24) is 4.90 Å². The van der Waals surface area contributed by atoms with Crippen molar-refractivity contribution in [3.05, 3.63) is 80.4 Å². The normalized spacial score (nSPS) is 17.1. The molecule has 1 unspecified atom stereocenters. The first kappa shape index (κ1) is 21.6. The van der Waals surface area contributed by atoms with Crippen LogP contribution < -0.4 is 0 Å². The molecule has 3 rings (SSSR count). The maximum Gasteiger partial charge on any atom is 0.336 e. The molecule has 1 heterocycles. The number of benzene rings is 2. The SMILES string of the molecule is CC1=C(C(=O)OC(C)C)C(c2ccccc2Cl)CC(=O)N1Cc1ccc(Br)cc1. The molecule has 1 aliphatic rings. The number of carbonyl (C=O) groups is 2. The molecule has 0 saturated carbocycles. The van der Waals surface area contributed by atoms with Crippen LogP contribution in [0.15, 0.2) is 64.3 Å². The Kier molecular flexibility index (Phi) is 6.81. The van der Waals surface area contributed by atoms with Crippen LogP contribution >= 0.6 is 27.5 Å². The van der Waals surface area contributed by atoms with Crippen LogP contribution in [0.2, 0.25) is 5.02 Å². The van der Waals surface area contributed by atoms with E-state index in [0.29, 0.717) is 22.8 Å². The lowest BCUT2D eigenvalue weighted by molar-refractivity contribution is -0.143. The molecule has 0 fully saturated rings. The van der Waals surface area contributed by atoms with Gasteiger partial charge in [0.15, 0.2) is 0 Å². The highest BCUT2D eigenvalue weighted by molar-refractivity contribution is 9.10. The third kappa shape index (κ3) is 4.90. The molecule has 6 heteroatoms. The van der Waals surface area contributed by atoms with E-state index in [1.165, 1.54) is 0 Å². The van der Waals surface area contributed by atoms with E-state index >= 15 is 0 Å². The fourth-order valence-electron chi connectivity index (χ4n) is 3.54. The van der Waals surface area contributed by atoms with Gasteiger partial charge in [0.25, 0.3) is 0 Å². The van der Waals surface area contributed by atoms with E-state index in [2.05, 4.69) is 15.9 Å². The molecule has 0 aliphatic carbocycles. The molecule has 4 nitrogen and oxygen atoms in total. The van der Waals surface area contributed by atoms with Crippen molar-refractivity contribution >= 4 is 39.4 Å². The van der Waals surface area contributed by atoms with Crippen molar-refractivity contribution in [2.45, 2.75) is 45.8 Å². The van der Waals surface area contributed by atoms with Gasteiger partial charge in [0, 0.05) is 27.5 Å². The lowest BCUT2D eigenvalue weighted by Gasteiger charge is -2.35. The van der Waals surface area contributed by atoms with Crippen molar-refractivity contribution < 1.29 is 14.3 Å². The van der Waals surface area contributed by atoms with E-state index in [4.69, 9.17) is 16.3 Å². The summed E-state index contributed by atoms with van der Waals surface area (Å²) in [6.45, 7) is 5.82. The summed E-state index contributed by atoms with van der Waals surface area (Å²) >= 11 is 9.83. The first-order valence-corrected chi connectivity index (χ1v) is 10.7. The van der Waals surface area contributed by atoms with Crippen LogP contribution in [0.1, 0.15) is 44.2 Å². The van der Waals surface area contributed by atoms with E-state index < -0.39 is 11.9 Å². The van der Waals surface area contributed by atoms with Gasteiger partial charge in [-0.25, -0.2) is 4.79 Å². The topological polar surface area (TPSA) is 46.6 Å². The fourth-order valence-corrected chi connectivity index (χ4v) is 4.07. The number of hydrogen-bond donors (Lipinski definition) is 0. The smallest absolute Gasteiger partial charge is 0.336 e. The summed E-state index contributed by atoms with van der Waals surface area (Å²) < 4.78 is 6.49. The van der Waals surface area contributed by atoms with Crippen LogP contribution in [0, 0.1) is 0 Å². The molecular weight excluding hydrogens is 454 g/mol. The third-order valence-corrected chi connectivity index (χ3v) is 5.79. The van der Waals surface area contributed by atoms with Gasteiger partial charge in [0.05, 0.1) is 18.2 Å². The van der Waals surface area contributed by atoms with E-state index in [9.17, 15) is 9.59 Å². The molecule has 0 spiro atoms. The molecule has 2 aromatic carbocycles. The summed E-state index contributed by atoms with van der Waals surface area (Å²) in [4.78, 5) is 27.7. The summed E-state index contributed by atoms with van der Waals surface area (Å²) in [5.41, 5.74) is 2.85. The Morgan fingerprint density at radius 1 is 1.21 bits per heavy atom. The van der Waals surface area contributed by atoms with Gasteiger partial charge in [-0.1, -0.05) is 57.9 Å². The van der Waals surface area contributed by atoms with E-state index in [0.717, 1.165) is 15.6 Å². The number of amides is 1. The minimum atomic E-state index is -0.427. The van der Waals surface area contributed by atoms with Gasteiger partial charge in [-0.15, -0.1) is 0 Å². The molecule has 2 aromatic rings. The maximum atomic E-state index is 13.0. The minimum Gasteiger partial charge on any atom is -0.460 e. The average Bonchev–Trinajstić information content (AvgIpc) is 2.66. The van der Waals surface area contributed by atoms with Crippen LogP contribution in [0.25, 0.3) is 0 Å². The summed E-state index contributed by atoms with van der Waals surface area (Å²) in [6.07, 6.45) is -0.0904. The predicted molar refractivity (Wildman–Crippen MR) is 117 cm³/mol. The quantitative estimate of drug-likeness (QED) is 0.509. The van der Waals surface area contributed by atoms with Crippen molar-refractivity contribution in [2.24, 2.45) is 0 Å². The Hall–Kier alpha value is -2.11. The van der Waals surface area contributed by atoms with Crippen molar-refractivity contribution in [3.8, 4) is 0 Å². The van der Waals surface area contributed by atoms with Crippen molar-refractivity contribution in [2.75, 3.05) is 0 Å². The van der Waals surface area contributed by atoms with Gasteiger partial charge in [-0.05, 0) is 50.1 Å². The van der Waals surface area contributed by atoms with Gasteiger partial charge < -0.3 is 9.64 Å². The highest BCUT2D eigenvalue weighted by atomic mass is 79.9. The number of halogens is 2. The van der Waals surface area contributed by atoms with Crippen LogP contribution in [0.5, 0.6) is 0 Å². The fraction of sp³-hybridized carbons (Fsp3) is 0.304. The molecule has 0 aromatic heterocycles. The van der Waals surface area contributed by atoms with Gasteiger partial charge in [-0.2, -0.15) is 0 Å². The number of carbonyl (C=O) groups excluding carboxylic acids is 2. The average molecular weight is 477 g/mol. The monoisotopic (exact) mass is 475 g/mol. The van der Waals surface area contributed by atoms with Gasteiger partial charge in [0.1, 0.15) is 0 Å². The predicted octanol–water partition coefficient (Wildman–Crippen LogP) is 5.84. The van der Waals surface area contributed by atoms with Crippen LogP contribution in [0.3, 0.4) is 0 Å². The summed E-state index contributed by atoms with van der Waals surface area (Å²) in [5.74, 6) is -0.879. The lowest BCUT2D eigenvalue weighted by Crippen LogP contribution is -2.38. The Bertz CT molecular complexity index is 953. The van der Waals surface area contributed by atoms with Gasteiger partial charge >= 0.3 is 5.97 Å². The first-order chi connectivity index (χ1) is 13.8. The highest BCUT2D eigenvalue weighted by Gasteiger charge is 2.37. The second-order valence-electron chi connectivity index (χ2n) is 7.34. The zero-order chi connectivity index (χ0) is 21.1. The molecule has 1 aliphatic heterocycles. The third-order valence-electron chi connectivity index (χ3n) is 4.92. The number of hydrogen-bond acceptors (Lipinski definition) is 3. The van der Waals surface area contributed by atoms with E-state index in [1.54, 1.807) is 17.9 Å². The summed E-state index contributed by atoms with van der Waals surface area (Å²) in [5, 5.41) is 0.536. The zero-order valence-corrected chi connectivity index (χ0v) is 19.0. The molecule has 0 saturated heterocycles. The second kappa shape index (κ2) is 9.14. The highest BCUT2D eigenvalue weighted by Crippen LogP contribution is 2.40. The molecule has 152 valence electrons. The van der Waals surface area contributed by atoms with Crippen LogP contribution in [0.4, 0.5) is 0 Å². The van der Waals surface area contributed by atoms with Gasteiger partial charge in [0.2, 0.25) is 5.91 Å². The zero-order valence-electron chi connectivity index (χ0n) is 16.6. The van der Waals surface area contributed by atoms with Crippen LogP contribution in [-0.2, 0) is 20.9 Å². The molecule has 0 N–H and O–H groups in total. The van der Waals surface area contributed by atoms with Gasteiger partial charge in [-0.3, -0.25) is 4.79 Å². The molecule has 0 radical (unpaired) electrons. The standard InChI is InChI=1S/C23H23BrClNO3/c1-14(2)29-23(28)22-15(3)26(13-16-8-10-17(24)11-9-16)21(27)12-19(22)18-6-4-5-7-20(18)25/h4-11,14,19H,12-13H2,1-3H3. The summed E-state index contributed by atoms with van der Waals surface area (Å²) in [7, 11) is 0. The molecule has 1 amide bonds. The van der Waals surface area contributed by atoms with Crippen molar-refractivity contribution in [3.63, 3.8) is 0 Å². The summed E-state index contributed by atoms with van der Waals surface area (Å²) in [6, 6.07) is 15.1. The maximum absolute atomic E-state index is 13.0. The minimum absolute atomic E-state index is 0.0450. The Morgan fingerprint density at radius 3 is 2.48 bits per heavy atom. The first-order valence-electron chi connectivity index (χ1n) is 9.49. The van der Waals surface area contributed by atoms with E-state index in [1.807, 2.05) is 56.3 Å². The van der Waals surface area contributed by atoms with E-state index in [-0.39, 0.29) is 18.4 Å². The number of ether oxygens (including phenoxy) is 1. The number of esters is 1. The Morgan fingerprint density at radius 2 is 1.86 bits per heavy atom. The number of nitrogens with zero attached hydrogens (tertiary/aromatic N) is 1. The Balaban J connectivity index is 2.04. The van der Waals surface area contributed by atoms with Crippen molar-refractivity contribution in [1.29, 1.82) is 0 Å². The molecular formula is C23H23BrClNO3. The lowest BCUT2D eigenvalue weighted by atomic mass is 9.83. The second-order valence-corrected chi connectivity index (χ2v) is 8.66. The molecule has 29 heavy (non-hydrogen) atoms. The molecule has 1 atom stereocenters. The number of allylic oxidation sites excluding steroid dienone is 1. The number of rotatable bonds is 5. The Labute approximate surface area is 184 Å². The largest absolute Gasteiger partial charge is 0.460 e. The van der Waals surface area contributed by atoms with Crippen LogP contribution in [-0.4, -0.2) is 22.9 Å².